The van der Waals surface area contributed by atoms with Crippen LogP contribution in [0.2, 0.25) is 0 Å². The Morgan fingerprint density at radius 3 is 2.53 bits per heavy atom. The zero-order valence-corrected chi connectivity index (χ0v) is 12.5. The van der Waals surface area contributed by atoms with Crippen molar-refractivity contribution >= 4 is 18.6 Å². The molecular formula is C16H24O2S. The van der Waals surface area contributed by atoms with Gasteiger partial charge in [-0.1, -0.05) is 57.6 Å². The van der Waals surface area contributed by atoms with Crippen molar-refractivity contribution in [2.24, 2.45) is 0 Å². The molecule has 0 bridgehead atoms. The average Bonchev–Trinajstić information content (AvgIpc) is 2.37. The van der Waals surface area contributed by atoms with Gasteiger partial charge in [-0.2, -0.15) is 0 Å². The maximum atomic E-state index is 11.4. The first-order valence-corrected chi connectivity index (χ1v) is 7.61. The molecule has 0 radical (unpaired) electrons. The molecule has 0 saturated carbocycles. The Morgan fingerprint density at radius 2 is 1.89 bits per heavy atom. The van der Waals surface area contributed by atoms with E-state index >= 15 is 0 Å². The van der Waals surface area contributed by atoms with Crippen molar-refractivity contribution in [2.75, 3.05) is 0 Å². The van der Waals surface area contributed by atoms with E-state index in [2.05, 4.69) is 19.6 Å². The van der Waals surface area contributed by atoms with Gasteiger partial charge >= 0.3 is 5.97 Å². The van der Waals surface area contributed by atoms with Crippen LogP contribution in [0.25, 0.3) is 0 Å². The summed E-state index contributed by atoms with van der Waals surface area (Å²) in [6, 6.07) is 7.49. The van der Waals surface area contributed by atoms with Gasteiger partial charge in [0, 0.05) is 4.90 Å². The zero-order chi connectivity index (χ0) is 14.1. The van der Waals surface area contributed by atoms with Crippen molar-refractivity contribution in [3.05, 3.63) is 29.8 Å². The van der Waals surface area contributed by atoms with Crippen LogP contribution in [-0.2, 0) is 4.79 Å². The Labute approximate surface area is 121 Å². The first kappa shape index (κ1) is 16.1. The van der Waals surface area contributed by atoms with Crippen molar-refractivity contribution in [3.63, 3.8) is 0 Å². The van der Waals surface area contributed by atoms with Gasteiger partial charge in [0.1, 0.15) is 0 Å². The molecule has 1 N–H and O–H groups in total. The molecule has 106 valence electrons. The van der Waals surface area contributed by atoms with E-state index in [1.165, 1.54) is 25.7 Å². The number of thiol groups is 1. The van der Waals surface area contributed by atoms with Crippen molar-refractivity contribution in [2.45, 2.75) is 62.7 Å². The first-order valence-electron chi connectivity index (χ1n) is 7.17. The van der Waals surface area contributed by atoms with Gasteiger partial charge in [-0.05, 0) is 24.1 Å². The van der Waals surface area contributed by atoms with E-state index in [-0.39, 0.29) is 0 Å². The fourth-order valence-electron chi connectivity index (χ4n) is 2.30. The lowest BCUT2D eigenvalue weighted by Gasteiger charge is -2.13. The molecule has 19 heavy (non-hydrogen) atoms. The van der Waals surface area contributed by atoms with Crippen LogP contribution in [0, 0.1) is 0 Å². The van der Waals surface area contributed by atoms with Gasteiger partial charge < -0.3 is 5.11 Å². The van der Waals surface area contributed by atoms with E-state index in [1.807, 2.05) is 24.3 Å². The lowest BCUT2D eigenvalue weighted by molar-refractivity contribution is -0.139. The highest BCUT2D eigenvalue weighted by Gasteiger charge is 2.19. The molecule has 0 aromatic heterocycles. The number of rotatable bonds is 9. The summed E-state index contributed by atoms with van der Waals surface area (Å²) in [4.78, 5) is 12.2. The van der Waals surface area contributed by atoms with Gasteiger partial charge in [0.15, 0.2) is 0 Å². The summed E-state index contributed by atoms with van der Waals surface area (Å²) in [7, 11) is 0. The van der Waals surface area contributed by atoms with Crippen molar-refractivity contribution < 1.29 is 9.90 Å². The van der Waals surface area contributed by atoms with Crippen LogP contribution >= 0.6 is 12.6 Å². The molecule has 1 aromatic rings. The number of benzene rings is 1. The van der Waals surface area contributed by atoms with Gasteiger partial charge in [0.05, 0.1) is 5.92 Å². The summed E-state index contributed by atoms with van der Waals surface area (Å²) in [5.74, 6) is -1.12. The van der Waals surface area contributed by atoms with Gasteiger partial charge in [-0.3, -0.25) is 4.79 Å². The molecule has 0 spiro atoms. The molecule has 0 amide bonds. The fourth-order valence-corrected chi connectivity index (χ4v) is 2.54. The van der Waals surface area contributed by atoms with E-state index in [0.29, 0.717) is 0 Å². The third-order valence-corrected chi connectivity index (χ3v) is 3.70. The van der Waals surface area contributed by atoms with Crippen LogP contribution in [0.3, 0.4) is 0 Å². The Balaban J connectivity index is 2.44. The summed E-state index contributed by atoms with van der Waals surface area (Å²) < 4.78 is 0. The number of unbranched alkanes of at least 4 members (excludes halogenated alkanes) is 5. The third kappa shape index (κ3) is 6.15. The van der Waals surface area contributed by atoms with Crippen LogP contribution in [0.4, 0.5) is 0 Å². The summed E-state index contributed by atoms with van der Waals surface area (Å²) in [5, 5.41) is 9.33. The standard InChI is InChI=1S/C16H24O2S/c1-2-3-4-5-6-7-11-15(16(17)18)13-9-8-10-14(19)12-13/h8-10,12,15,19H,2-7,11H2,1H3,(H,17,18). The number of hydrogen-bond donors (Lipinski definition) is 2. The molecule has 1 atom stereocenters. The molecule has 0 aliphatic heterocycles. The van der Waals surface area contributed by atoms with Gasteiger partial charge in [0.2, 0.25) is 0 Å². The van der Waals surface area contributed by atoms with Crippen molar-refractivity contribution in [1.82, 2.24) is 0 Å². The highest BCUT2D eigenvalue weighted by molar-refractivity contribution is 7.80. The van der Waals surface area contributed by atoms with E-state index in [4.69, 9.17) is 0 Å². The smallest absolute Gasteiger partial charge is 0.310 e. The molecule has 0 aliphatic carbocycles. The van der Waals surface area contributed by atoms with Crippen LogP contribution in [-0.4, -0.2) is 11.1 Å². The number of carboxylic acid groups (broad SMARTS) is 1. The topological polar surface area (TPSA) is 37.3 Å². The maximum absolute atomic E-state index is 11.4. The van der Waals surface area contributed by atoms with E-state index < -0.39 is 11.9 Å². The molecule has 1 rings (SSSR count). The lowest BCUT2D eigenvalue weighted by Crippen LogP contribution is -2.11. The highest BCUT2D eigenvalue weighted by atomic mass is 32.1. The van der Waals surface area contributed by atoms with Crippen LogP contribution in [0.5, 0.6) is 0 Å². The summed E-state index contributed by atoms with van der Waals surface area (Å²) in [6.07, 6.45) is 7.84. The zero-order valence-electron chi connectivity index (χ0n) is 11.6. The second-order valence-electron chi connectivity index (χ2n) is 5.04. The average molecular weight is 280 g/mol. The number of carboxylic acids is 1. The molecule has 0 saturated heterocycles. The highest BCUT2D eigenvalue weighted by Crippen LogP contribution is 2.25. The second-order valence-corrected chi connectivity index (χ2v) is 5.56. The van der Waals surface area contributed by atoms with Crippen LogP contribution < -0.4 is 0 Å². The third-order valence-electron chi connectivity index (χ3n) is 3.42. The van der Waals surface area contributed by atoms with E-state index in [9.17, 15) is 9.90 Å². The second kappa shape index (κ2) is 9.03. The minimum Gasteiger partial charge on any atom is -0.481 e. The number of aliphatic carboxylic acids is 1. The van der Waals surface area contributed by atoms with Crippen LogP contribution in [0.15, 0.2) is 29.2 Å². The Kier molecular flexibility index (Phi) is 7.65. The molecule has 2 nitrogen and oxygen atoms in total. The molecule has 1 unspecified atom stereocenters. The fraction of sp³-hybridized carbons (Fsp3) is 0.562. The Bertz CT molecular complexity index is 390. The van der Waals surface area contributed by atoms with E-state index in [1.54, 1.807) is 0 Å². The summed E-state index contributed by atoms with van der Waals surface area (Å²) >= 11 is 4.27. The van der Waals surface area contributed by atoms with Crippen LogP contribution in [0.1, 0.15) is 63.4 Å². The monoisotopic (exact) mass is 280 g/mol. The van der Waals surface area contributed by atoms with Crippen molar-refractivity contribution in [1.29, 1.82) is 0 Å². The first-order chi connectivity index (χ1) is 9.15. The number of hydrogen-bond acceptors (Lipinski definition) is 2. The normalized spacial score (nSPS) is 12.3. The molecular weight excluding hydrogens is 256 g/mol. The quantitative estimate of drug-likeness (QED) is 0.499. The minimum absolute atomic E-state index is 0.390. The predicted octanol–water partition coefficient (Wildman–Crippen LogP) is 4.89. The van der Waals surface area contributed by atoms with Gasteiger partial charge in [-0.15, -0.1) is 12.6 Å². The molecule has 0 heterocycles. The maximum Gasteiger partial charge on any atom is 0.310 e. The predicted molar refractivity (Wildman–Crippen MR) is 82.1 cm³/mol. The largest absolute Gasteiger partial charge is 0.481 e. The van der Waals surface area contributed by atoms with Gasteiger partial charge in [0.25, 0.3) is 0 Å². The summed E-state index contributed by atoms with van der Waals surface area (Å²) in [6.45, 7) is 2.20. The molecule has 3 heteroatoms. The minimum atomic E-state index is -0.729. The summed E-state index contributed by atoms with van der Waals surface area (Å²) in [5.41, 5.74) is 0.869. The Morgan fingerprint density at radius 1 is 1.21 bits per heavy atom. The molecule has 1 aromatic carbocycles. The number of carbonyl (C=O) groups is 1. The molecule has 0 aliphatic rings. The van der Waals surface area contributed by atoms with Gasteiger partial charge in [-0.25, -0.2) is 0 Å². The SMILES string of the molecule is CCCCCCCCC(C(=O)O)c1cccc(S)c1. The van der Waals surface area contributed by atoms with Crippen molar-refractivity contribution in [3.8, 4) is 0 Å². The molecule has 0 fully saturated rings. The Hall–Kier alpha value is -0.960. The lowest BCUT2D eigenvalue weighted by atomic mass is 9.93. The van der Waals surface area contributed by atoms with E-state index in [0.717, 1.165) is 29.7 Å².